The topological polar surface area (TPSA) is 67.0 Å². The Morgan fingerprint density at radius 1 is 1.10 bits per heavy atom. The monoisotopic (exact) mass is 385 g/mol. The molecule has 0 aliphatic heterocycles. The summed E-state index contributed by atoms with van der Waals surface area (Å²) in [7, 11) is 0. The molecule has 4 aromatic rings. The van der Waals surface area contributed by atoms with E-state index in [0.717, 1.165) is 45.6 Å². The van der Waals surface area contributed by atoms with Crippen molar-refractivity contribution in [3.63, 3.8) is 0 Å². The largest absolute Gasteiger partial charge is 0.457 e. The Morgan fingerprint density at radius 2 is 1.90 bits per heavy atom. The second kappa shape index (κ2) is 8.61. The lowest BCUT2D eigenvalue weighted by Crippen LogP contribution is -2.25. The van der Waals surface area contributed by atoms with Gasteiger partial charge in [0.1, 0.15) is 17.1 Å². The Labute approximate surface area is 169 Å². The van der Waals surface area contributed by atoms with Gasteiger partial charge in [0.2, 0.25) is 5.91 Å². The van der Waals surface area contributed by atoms with E-state index >= 15 is 0 Å². The average Bonchev–Trinajstić information content (AvgIpc) is 3.15. The van der Waals surface area contributed by atoms with Crippen molar-refractivity contribution in [2.24, 2.45) is 0 Å². The third kappa shape index (κ3) is 4.29. The molecule has 0 aliphatic carbocycles. The van der Waals surface area contributed by atoms with Gasteiger partial charge in [-0.2, -0.15) is 0 Å². The van der Waals surface area contributed by atoms with Crippen molar-refractivity contribution < 1.29 is 9.53 Å². The van der Waals surface area contributed by atoms with E-state index in [2.05, 4.69) is 21.4 Å². The van der Waals surface area contributed by atoms with Gasteiger partial charge in [-0.05, 0) is 36.2 Å². The fourth-order valence-corrected chi connectivity index (χ4v) is 3.26. The first-order valence-electron chi connectivity index (χ1n) is 9.79. The SMILES string of the molecule is CCCNC(=O)Cc1c[nH]c2ncc(-c3ccccc3Oc3ccccc3)cc12. The van der Waals surface area contributed by atoms with Crippen LogP contribution in [0, 0.1) is 0 Å². The smallest absolute Gasteiger partial charge is 0.224 e. The van der Waals surface area contributed by atoms with Crippen LogP contribution in [0.5, 0.6) is 11.5 Å². The number of rotatable bonds is 7. The van der Waals surface area contributed by atoms with Gasteiger partial charge in [-0.25, -0.2) is 4.98 Å². The highest BCUT2D eigenvalue weighted by atomic mass is 16.5. The standard InChI is InChI=1S/C24H23N3O2/c1-2-12-25-23(28)14-18-16-27-24-21(18)13-17(15-26-24)20-10-6-7-11-22(20)29-19-8-4-3-5-9-19/h3-11,13,15-16H,2,12,14H2,1H3,(H,25,28)(H,26,27). The Hall–Kier alpha value is -3.60. The van der Waals surface area contributed by atoms with Crippen LogP contribution in [0.25, 0.3) is 22.2 Å². The van der Waals surface area contributed by atoms with Gasteiger partial charge in [0.05, 0.1) is 6.42 Å². The van der Waals surface area contributed by atoms with Gasteiger partial charge < -0.3 is 15.0 Å². The lowest BCUT2D eigenvalue weighted by molar-refractivity contribution is -0.120. The van der Waals surface area contributed by atoms with Crippen molar-refractivity contribution in [2.75, 3.05) is 6.54 Å². The summed E-state index contributed by atoms with van der Waals surface area (Å²) in [4.78, 5) is 19.9. The van der Waals surface area contributed by atoms with E-state index in [1.807, 2.05) is 73.9 Å². The fourth-order valence-electron chi connectivity index (χ4n) is 3.26. The molecule has 2 heterocycles. The summed E-state index contributed by atoms with van der Waals surface area (Å²) in [6.07, 6.45) is 4.93. The number of carbonyl (C=O) groups excluding carboxylic acids is 1. The summed E-state index contributed by atoms with van der Waals surface area (Å²) in [6.45, 7) is 2.73. The van der Waals surface area contributed by atoms with Crippen LogP contribution >= 0.6 is 0 Å². The molecule has 2 N–H and O–H groups in total. The number of aromatic amines is 1. The van der Waals surface area contributed by atoms with Crippen molar-refractivity contribution in [1.82, 2.24) is 15.3 Å². The van der Waals surface area contributed by atoms with Gasteiger partial charge >= 0.3 is 0 Å². The summed E-state index contributed by atoms with van der Waals surface area (Å²) in [5.74, 6) is 1.56. The van der Waals surface area contributed by atoms with Crippen molar-refractivity contribution >= 4 is 16.9 Å². The Kier molecular flexibility index (Phi) is 5.56. The van der Waals surface area contributed by atoms with Gasteiger partial charge in [0.25, 0.3) is 0 Å². The molecule has 0 radical (unpaired) electrons. The minimum Gasteiger partial charge on any atom is -0.457 e. The van der Waals surface area contributed by atoms with Gasteiger partial charge in [-0.15, -0.1) is 0 Å². The minimum absolute atomic E-state index is 0.0194. The Bertz CT molecular complexity index is 1120. The number of ether oxygens (including phenoxy) is 1. The van der Waals surface area contributed by atoms with Gasteiger partial charge in [0.15, 0.2) is 0 Å². The summed E-state index contributed by atoms with van der Waals surface area (Å²) in [5, 5.41) is 3.87. The maximum Gasteiger partial charge on any atom is 0.224 e. The number of para-hydroxylation sites is 2. The highest BCUT2D eigenvalue weighted by molar-refractivity contribution is 5.90. The average molecular weight is 385 g/mol. The molecular formula is C24H23N3O2. The minimum atomic E-state index is 0.0194. The third-order valence-corrected chi connectivity index (χ3v) is 4.71. The Morgan fingerprint density at radius 3 is 2.72 bits per heavy atom. The molecule has 29 heavy (non-hydrogen) atoms. The van der Waals surface area contributed by atoms with Crippen LogP contribution in [0.1, 0.15) is 18.9 Å². The molecule has 0 atom stereocenters. The zero-order chi connectivity index (χ0) is 20.1. The van der Waals surface area contributed by atoms with Crippen molar-refractivity contribution in [1.29, 1.82) is 0 Å². The van der Waals surface area contributed by atoms with Crippen molar-refractivity contribution in [3.05, 3.63) is 78.6 Å². The van der Waals surface area contributed by atoms with E-state index in [1.54, 1.807) is 0 Å². The molecule has 0 bridgehead atoms. The molecule has 5 heteroatoms. The molecule has 0 aliphatic rings. The number of carbonyl (C=O) groups is 1. The van der Waals surface area contributed by atoms with Crippen LogP contribution < -0.4 is 10.1 Å². The quantitative estimate of drug-likeness (QED) is 0.466. The van der Waals surface area contributed by atoms with E-state index in [-0.39, 0.29) is 5.91 Å². The normalized spacial score (nSPS) is 10.8. The zero-order valence-corrected chi connectivity index (χ0v) is 16.3. The van der Waals surface area contributed by atoms with E-state index in [4.69, 9.17) is 4.74 Å². The molecule has 0 saturated carbocycles. The highest BCUT2D eigenvalue weighted by Gasteiger charge is 2.13. The molecule has 146 valence electrons. The second-order valence-corrected chi connectivity index (χ2v) is 6.87. The molecule has 0 saturated heterocycles. The number of nitrogens with one attached hydrogen (secondary N) is 2. The fraction of sp³-hybridized carbons (Fsp3) is 0.167. The van der Waals surface area contributed by atoms with E-state index in [1.165, 1.54) is 0 Å². The van der Waals surface area contributed by atoms with Gasteiger partial charge in [-0.3, -0.25) is 4.79 Å². The number of H-pyrrole nitrogens is 1. The molecule has 0 unspecified atom stereocenters. The predicted molar refractivity (Wildman–Crippen MR) is 115 cm³/mol. The summed E-state index contributed by atoms with van der Waals surface area (Å²) in [6, 6.07) is 19.7. The zero-order valence-electron chi connectivity index (χ0n) is 16.3. The molecule has 0 fully saturated rings. The van der Waals surface area contributed by atoms with Crippen LogP contribution in [0.2, 0.25) is 0 Å². The van der Waals surface area contributed by atoms with Crippen LogP contribution in [0.4, 0.5) is 0 Å². The lowest BCUT2D eigenvalue weighted by Gasteiger charge is -2.11. The van der Waals surface area contributed by atoms with Gasteiger partial charge in [-0.1, -0.05) is 43.3 Å². The van der Waals surface area contributed by atoms with Gasteiger partial charge in [0, 0.05) is 35.5 Å². The first-order chi connectivity index (χ1) is 14.2. The van der Waals surface area contributed by atoms with E-state index < -0.39 is 0 Å². The van der Waals surface area contributed by atoms with Crippen LogP contribution in [0.15, 0.2) is 73.1 Å². The predicted octanol–water partition coefficient (Wildman–Crippen LogP) is 5.09. The summed E-state index contributed by atoms with van der Waals surface area (Å²) >= 11 is 0. The first-order valence-corrected chi connectivity index (χ1v) is 9.79. The molecule has 2 aromatic carbocycles. The van der Waals surface area contributed by atoms with E-state index in [0.29, 0.717) is 13.0 Å². The van der Waals surface area contributed by atoms with Crippen LogP contribution in [-0.2, 0) is 11.2 Å². The molecule has 0 spiro atoms. The van der Waals surface area contributed by atoms with Crippen LogP contribution in [0.3, 0.4) is 0 Å². The number of benzene rings is 2. The number of fused-ring (bicyclic) bond motifs is 1. The summed E-state index contributed by atoms with van der Waals surface area (Å²) < 4.78 is 6.10. The number of aromatic nitrogens is 2. The van der Waals surface area contributed by atoms with E-state index in [9.17, 15) is 4.79 Å². The highest BCUT2D eigenvalue weighted by Crippen LogP contribution is 2.34. The number of amides is 1. The third-order valence-electron chi connectivity index (χ3n) is 4.71. The summed E-state index contributed by atoms with van der Waals surface area (Å²) in [5.41, 5.74) is 3.60. The Balaban J connectivity index is 1.66. The second-order valence-electron chi connectivity index (χ2n) is 6.87. The van der Waals surface area contributed by atoms with Crippen molar-refractivity contribution in [3.8, 4) is 22.6 Å². The molecule has 2 aromatic heterocycles. The van der Waals surface area contributed by atoms with Crippen molar-refractivity contribution in [2.45, 2.75) is 19.8 Å². The number of pyridine rings is 1. The molecule has 5 nitrogen and oxygen atoms in total. The lowest BCUT2D eigenvalue weighted by atomic mass is 10.0. The maximum atomic E-state index is 12.2. The maximum absolute atomic E-state index is 12.2. The number of nitrogens with zero attached hydrogens (tertiary/aromatic N) is 1. The molecule has 4 rings (SSSR count). The van der Waals surface area contributed by atoms with Crippen LogP contribution in [-0.4, -0.2) is 22.4 Å². The number of hydrogen-bond acceptors (Lipinski definition) is 3. The molecular weight excluding hydrogens is 362 g/mol. The molecule has 1 amide bonds. The first kappa shape index (κ1) is 18.7. The number of hydrogen-bond donors (Lipinski definition) is 2.